The quantitative estimate of drug-likeness (QED) is 0.839. The summed E-state index contributed by atoms with van der Waals surface area (Å²) in [5.41, 5.74) is 0. The van der Waals surface area contributed by atoms with E-state index < -0.39 is 0 Å². The Hall–Kier alpha value is -0.320. The van der Waals surface area contributed by atoms with Crippen LogP contribution in [0.1, 0.15) is 26.0 Å². The average Bonchev–Trinajstić information content (AvgIpc) is 2.59. The molecule has 1 heterocycles. The zero-order valence-electron chi connectivity index (χ0n) is 11.2. The highest BCUT2D eigenvalue weighted by Gasteiger charge is 2.13. The van der Waals surface area contributed by atoms with E-state index in [0.717, 1.165) is 23.3 Å². The summed E-state index contributed by atoms with van der Waals surface area (Å²) in [5, 5.41) is 3.56. The number of hydrogen-bond acceptors (Lipinski definition) is 3. The van der Waals surface area contributed by atoms with E-state index >= 15 is 0 Å². The fraction of sp³-hybridized carbons (Fsp3) is 0.692. The summed E-state index contributed by atoms with van der Waals surface area (Å²) in [5.74, 6) is 1.67. The second kappa shape index (κ2) is 7.19. The van der Waals surface area contributed by atoms with E-state index in [-0.39, 0.29) is 0 Å². The summed E-state index contributed by atoms with van der Waals surface area (Å²) in [6, 6.07) is 2.43. The van der Waals surface area contributed by atoms with Gasteiger partial charge in [0.25, 0.3) is 0 Å². The van der Waals surface area contributed by atoms with Gasteiger partial charge in [0.1, 0.15) is 5.76 Å². The number of halogens is 1. The molecular formula is C13H23BrN2O. The van der Waals surface area contributed by atoms with E-state index in [9.17, 15) is 0 Å². The standard InChI is InChI=1S/C13H23BrN2O/c1-10(2)7-11(9-16(3)4)15-8-13-12(14)5-6-17-13/h5-6,10-11,15H,7-9H2,1-4H3. The third-order valence-corrected chi connectivity index (χ3v) is 3.29. The molecule has 0 aliphatic rings. The molecule has 1 rings (SSSR count). The van der Waals surface area contributed by atoms with E-state index in [0.29, 0.717) is 12.0 Å². The van der Waals surface area contributed by atoms with Crippen molar-refractivity contribution < 1.29 is 4.42 Å². The van der Waals surface area contributed by atoms with Crippen LogP contribution in [0.5, 0.6) is 0 Å². The third kappa shape index (κ3) is 5.70. The van der Waals surface area contributed by atoms with E-state index in [2.05, 4.69) is 54.1 Å². The predicted molar refractivity (Wildman–Crippen MR) is 75.0 cm³/mol. The van der Waals surface area contributed by atoms with Crippen LogP contribution in [0.25, 0.3) is 0 Å². The van der Waals surface area contributed by atoms with Crippen molar-refractivity contribution >= 4 is 15.9 Å². The maximum absolute atomic E-state index is 5.40. The fourth-order valence-corrected chi connectivity index (χ4v) is 2.26. The molecule has 98 valence electrons. The van der Waals surface area contributed by atoms with Crippen LogP contribution in [-0.2, 0) is 6.54 Å². The summed E-state index contributed by atoms with van der Waals surface area (Å²) >= 11 is 3.47. The molecule has 1 aromatic rings. The van der Waals surface area contributed by atoms with Crippen molar-refractivity contribution in [1.82, 2.24) is 10.2 Å². The lowest BCUT2D eigenvalue weighted by Gasteiger charge is -2.23. The third-order valence-electron chi connectivity index (χ3n) is 2.58. The van der Waals surface area contributed by atoms with Crippen molar-refractivity contribution in [3.8, 4) is 0 Å². The van der Waals surface area contributed by atoms with Crippen LogP contribution >= 0.6 is 15.9 Å². The van der Waals surface area contributed by atoms with Gasteiger partial charge in [0.05, 0.1) is 17.3 Å². The van der Waals surface area contributed by atoms with Gasteiger partial charge in [0, 0.05) is 12.6 Å². The lowest BCUT2D eigenvalue weighted by atomic mass is 10.0. The van der Waals surface area contributed by atoms with Crippen LogP contribution in [0, 0.1) is 5.92 Å². The molecule has 0 spiro atoms. The van der Waals surface area contributed by atoms with Crippen molar-refractivity contribution in [2.24, 2.45) is 5.92 Å². The Labute approximate surface area is 113 Å². The second-order valence-corrected chi connectivity index (χ2v) is 6.02. The lowest BCUT2D eigenvalue weighted by molar-refractivity contribution is 0.298. The minimum atomic E-state index is 0.502. The first-order valence-electron chi connectivity index (χ1n) is 6.09. The van der Waals surface area contributed by atoms with Gasteiger partial charge in [0.2, 0.25) is 0 Å². The van der Waals surface area contributed by atoms with Crippen molar-refractivity contribution in [2.75, 3.05) is 20.6 Å². The summed E-state index contributed by atoms with van der Waals surface area (Å²) in [4.78, 5) is 2.22. The monoisotopic (exact) mass is 302 g/mol. The molecule has 4 heteroatoms. The molecular weight excluding hydrogens is 280 g/mol. The first-order valence-corrected chi connectivity index (χ1v) is 6.88. The van der Waals surface area contributed by atoms with Crippen molar-refractivity contribution in [2.45, 2.75) is 32.9 Å². The van der Waals surface area contributed by atoms with E-state index in [1.807, 2.05) is 6.07 Å². The SMILES string of the molecule is CC(C)CC(CN(C)C)NCc1occc1Br. The molecule has 0 fully saturated rings. The first kappa shape index (κ1) is 14.7. The molecule has 17 heavy (non-hydrogen) atoms. The molecule has 0 aliphatic heterocycles. The normalized spacial score (nSPS) is 13.6. The van der Waals surface area contributed by atoms with Crippen molar-refractivity contribution in [3.05, 3.63) is 22.6 Å². The highest BCUT2D eigenvalue weighted by Crippen LogP contribution is 2.17. The number of hydrogen-bond donors (Lipinski definition) is 1. The molecule has 1 aromatic heterocycles. The fourth-order valence-electron chi connectivity index (χ4n) is 1.92. The maximum atomic E-state index is 5.40. The zero-order valence-corrected chi connectivity index (χ0v) is 12.8. The molecule has 0 saturated carbocycles. The Balaban J connectivity index is 2.45. The topological polar surface area (TPSA) is 28.4 Å². The Morgan fingerprint density at radius 3 is 2.59 bits per heavy atom. The first-order chi connectivity index (χ1) is 7.99. The van der Waals surface area contributed by atoms with Gasteiger partial charge in [-0.3, -0.25) is 0 Å². The van der Waals surface area contributed by atoms with Crippen LogP contribution in [-0.4, -0.2) is 31.6 Å². The van der Waals surface area contributed by atoms with Gasteiger partial charge in [-0.05, 0) is 48.4 Å². The molecule has 1 N–H and O–H groups in total. The molecule has 0 aliphatic carbocycles. The lowest BCUT2D eigenvalue weighted by Crippen LogP contribution is -2.38. The van der Waals surface area contributed by atoms with E-state index in [1.165, 1.54) is 6.42 Å². The number of furan rings is 1. The Kier molecular flexibility index (Phi) is 6.23. The summed E-state index contributed by atoms with van der Waals surface area (Å²) in [7, 11) is 4.22. The summed E-state index contributed by atoms with van der Waals surface area (Å²) in [6.45, 7) is 6.34. The number of rotatable bonds is 7. The van der Waals surface area contributed by atoms with Gasteiger partial charge in [0.15, 0.2) is 0 Å². The van der Waals surface area contributed by atoms with Gasteiger partial charge in [-0.2, -0.15) is 0 Å². The summed E-state index contributed by atoms with van der Waals surface area (Å²) < 4.78 is 6.44. The maximum Gasteiger partial charge on any atom is 0.131 e. The number of nitrogens with zero attached hydrogens (tertiary/aromatic N) is 1. The Bertz CT molecular complexity index is 313. The van der Waals surface area contributed by atoms with Crippen LogP contribution < -0.4 is 5.32 Å². The predicted octanol–water partition coefficient (Wildman–Crippen LogP) is 3.11. The van der Waals surface area contributed by atoms with Gasteiger partial charge >= 0.3 is 0 Å². The molecule has 0 amide bonds. The molecule has 0 aromatic carbocycles. The van der Waals surface area contributed by atoms with Gasteiger partial charge < -0.3 is 14.6 Å². The second-order valence-electron chi connectivity index (χ2n) is 5.16. The molecule has 0 saturated heterocycles. The highest BCUT2D eigenvalue weighted by atomic mass is 79.9. The van der Waals surface area contributed by atoms with Crippen molar-refractivity contribution in [3.63, 3.8) is 0 Å². The van der Waals surface area contributed by atoms with E-state index in [1.54, 1.807) is 6.26 Å². The Morgan fingerprint density at radius 1 is 1.41 bits per heavy atom. The van der Waals surface area contributed by atoms with Crippen molar-refractivity contribution in [1.29, 1.82) is 0 Å². The highest BCUT2D eigenvalue weighted by molar-refractivity contribution is 9.10. The molecule has 0 radical (unpaired) electrons. The zero-order chi connectivity index (χ0) is 12.8. The Morgan fingerprint density at radius 2 is 2.12 bits per heavy atom. The number of likely N-dealkylation sites (N-methyl/N-ethyl adjacent to an activating group) is 1. The van der Waals surface area contributed by atoms with Gasteiger partial charge in [-0.25, -0.2) is 0 Å². The molecule has 3 nitrogen and oxygen atoms in total. The number of nitrogens with one attached hydrogen (secondary N) is 1. The minimum Gasteiger partial charge on any atom is -0.467 e. The van der Waals surface area contributed by atoms with Gasteiger partial charge in [-0.15, -0.1) is 0 Å². The van der Waals surface area contributed by atoms with Crippen LogP contribution in [0.15, 0.2) is 21.2 Å². The molecule has 1 unspecified atom stereocenters. The van der Waals surface area contributed by atoms with E-state index in [4.69, 9.17) is 4.42 Å². The van der Waals surface area contributed by atoms with Crippen LogP contribution in [0.2, 0.25) is 0 Å². The molecule has 0 bridgehead atoms. The van der Waals surface area contributed by atoms with Crippen LogP contribution in [0.3, 0.4) is 0 Å². The minimum absolute atomic E-state index is 0.502. The average molecular weight is 303 g/mol. The van der Waals surface area contributed by atoms with Gasteiger partial charge in [-0.1, -0.05) is 13.8 Å². The summed E-state index contributed by atoms with van der Waals surface area (Å²) in [6.07, 6.45) is 2.89. The largest absolute Gasteiger partial charge is 0.467 e. The van der Waals surface area contributed by atoms with Crippen LogP contribution in [0.4, 0.5) is 0 Å². The smallest absolute Gasteiger partial charge is 0.131 e. The molecule has 1 atom stereocenters.